The Labute approximate surface area is 87.8 Å². The lowest BCUT2D eigenvalue weighted by molar-refractivity contribution is 0.462. The molecule has 0 bridgehead atoms. The number of fused-ring (bicyclic) bond motifs is 2. The molecule has 15 heavy (non-hydrogen) atoms. The van der Waals surface area contributed by atoms with Gasteiger partial charge in [0.2, 0.25) is 5.88 Å². The summed E-state index contributed by atoms with van der Waals surface area (Å²) >= 11 is 0. The first-order valence-corrected chi connectivity index (χ1v) is 5.00. The standard InChI is InChI=1S/C12H10N2O/c1-2-5-10-9(4-1)8-15-12-11(14-10)6-3-7-13-12/h1,3-4,6-8H,2,5H2. The number of hydrogen-bond acceptors (Lipinski definition) is 3. The van der Waals surface area contributed by atoms with Gasteiger partial charge in [0.25, 0.3) is 0 Å². The summed E-state index contributed by atoms with van der Waals surface area (Å²) in [5, 5.41) is 0. The van der Waals surface area contributed by atoms with E-state index >= 15 is 0 Å². The molecule has 0 amide bonds. The second kappa shape index (κ2) is 3.35. The van der Waals surface area contributed by atoms with Crippen molar-refractivity contribution in [2.24, 2.45) is 4.99 Å². The van der Waals surface area contributed by atoms with Crippen LogP contribution < -0.4 is 4.74 Å². The molecule has 3 heteroatoms. The quantitative estimate of drug-likeness (QED) is 0.642. The van der Waals surface area contributed by atoms with E-state index in [1.807, 2.05) is 18.2 Å². The van der Waals surface area contributed by atoms with Crippen molar-refractivity contribution < 1.29 is 4.74 Å². The fourth-order valence-corrected chi connectivity index (χ4v) is 1.72. The van der Waals surface area contributed by atoms with E-state index in [0.717, 1.165) is 29.8 Å². The number of rotatable bonds is 0. The van der Waals surface area contributed by atoms with Crippen LogP contribution >= 0.6 is 0 Å². The molecule has 1 aromatic rings. The molecule has 1 aliphatic heterocycles. The van der Waals surface area contributed by atoms with Crippen LogP contribution in [0, 0.1) is 0 Å². The van der Waals surface area contributed by atoms with E-state index in [0.29, 0.717) is 5.88 Å². The Morgan fingerprint density at radius 1 is 1.33 bits per heavy atom. The maximum atomic E-state index is 5.48. The Kier molecular flexibility index (Phi) is 1.88. The monoisotopic (exact) mass is 198 g/mol. The maximum absolute atomic E-state index is 5.48. The summed E-state index contributed by atoms with van der Waals surface area (Å²) in [6, 6.07) is 3.79. The van der Waals surface area contributed by atoms with Gasteiger partial charge in [0.15, 0.2) is 0 Å². The van der Waals surface area contributed by atoms with Gasteiger partial charge in [-0.3, -0.25) is 0 Å². The zero-order chi connectivity index (χ0) is 10.1. The van der Waals surface area contributed by atoms with Crippen molar-refractivity contribution in [2.45, 2.75) is 12.8 Å². The number of aliphatic imine (C=N–C) groups is 1. The van der Waals surface area contributed by atoms with Gasteiger partial charge in [-0.2, -0.15) is 0 Å². The Bertz CT molecular complexity index is 486. The van der Waals surface area contributed by atoms with Gasteiger partial charge in [-0.1, -0.05) is 12.2 Å². The highest BCUT2D eigenvalue weighted by Crippen LogP contribution is 2.30. The van der Waals surface area contributed by atoms with Crippen molar-refractivity contribution in [3.63, 3.8) is 0 Å². The molecule has 0 radical (unpaired) electrons. The second-order valence-electron chi connectivity index (χ2n) is 3.52. The van der Waals surface area contributed by atoms with Crippen LogP contribution in [0.4, 0.5) is 5.69 Å². The van der Waals surface area contributed by atoms with Crippen LogP contribution in [0.25, 0.3) is 0 Å². The normalized spacial score (nSPS) is 17.9. The highest BCUT2D eigenvalue weighted by Gasteiger charge is 2.14. The topological polar surface area (TPSA) is 34.5 Å². The molecule has 1 aromatic heterocycles. The van der Waals surface area contributed by atoms with Gasteiger partial charge in [-0.25, -0.2) is 9.98 Å². The average Bonchev–Trinajstić information content (AvgIpc) is 2.48. The maximum Gasteiger partial charge on any atom is 0.244 e. The molecule has 0 saturated heterocycles. The lowest BCUT2D eigenvalue weighted by atomic mass is 10.0. The number of nitrogens with zero attached hydrogens (tertiary/aromatic N) is 2. The van der Waals surface area contributed by atoms with Crippen LogP contribution in [-0.4, -0.2) is 10.7 Å². The molecule has 2 aliphatic rings. The number of hydrogen-bond donors (Lipinski definition) is 0. The lowest BCUT2D eigenvalue weighted by Crippen LogP contribution is -2.04. The van der Waals surface area contributed by atoms with Crippen molar-refractivity contribution in [1.82, 2.24) is 4.98 Å². The number of allylic oxidation sites excluding steroid dienone is 3. The van der Waals surface area contributed by atoms with Crippen LogP contribution in [0.2, 0.25) is 0 Å². The molecule has 74 valence electrons. The third-order valence-electron chi connectivity index (χ3n) is 2.48. The fourth-order valence-electron chi connectivity index (χ4n) is 1.72. The highest BCUT2D eigenvalue weighted by atomic mass is 16.5. The predicted octanol–water partition coefficient (Wildman–Crippen LogP) is 2.78. The molecule has 0 N–H and O–H groups in total. The lowest BCUT2D eigenvalue weighted by Gasteiger charge is -2.08. The van der Waals surface area contributed by atoms with Crippen molar-refractivity contribution in [2.75, 3.05) is 0 Å². The summed E-state index contributed by atoms with van der Waals surface area (Å²) in [6.07, 6.45) is 9.65. The van der Waals surface area contributed by atoms with E-state index in [2.05, 4.69) is 16.1 Å². The zero-order valence-electron chi connectivity index (χ0n) is 8.18. The number of aromatic nitrogens is 1. The Balaban J connectivity index is 2.14. The first-order chi connectivity index (χ1) is 7.43. The van der Waals surface area contributed by atoms with Gasteiger partial charge >= 0.3 is 0 Å². The minimum absolute atomic E-state index is 0.584. The Morgan fingerprint density at radius 3 is 3.33 bits per heavy atom. The number of pyridine rings is 1. The second-order valence-corrected chi connectivity index (χ2v) is 3.52. The van der Waals surface area contributed by atoms with Gasteiger partial charge in [0, 0.05) is 11.8 Å². The summed E-state index contributed by atoms with van der Waals surface area (Å²) in [7, 11) is 0. The summed E-state index contributed by atoms with van der Waals surface area (Å²) in [5.41, 5.74) is 2.96. The van der Waals surface area contributed by atoms with Gasteiger partial charge in [0.05, 0.1) is 5.71 Å². The van der Waals surface area contributed by atoms with Gasteiger partial charge in [-0.05, 0) is 25.0 Å². The summed E-state index contributed by atoms with van der Waals surface area (Å²) in [4.78, 5) is 8.71. The third-order valence-corrected chi connectivity index (χ3v) is 2.48. The fraction of sp³-hybridized carbons (Fsp3) is 0.167. The number of ether oxygens (including phenoxy) is 1. The molecule has 0 aromatic carbocycles. The molecular weight excluding hydrogens is 188 g/mol. The van der Waals surface area contributed by atoms with E-state index in [1.54, 1.807) is 12.5 Å². The van der Waals surface area contributed by atoms with E-state index in [9.17, 15) is 0 Å². The van der Waals surface area contributed by atoms with E-state index in [1.165, 1.54) is 0 Å². The molecule has 3 nitrogen and oxygen atoms in total. The van der Waals surface area contributed by atoms with Crippen LogP contribution in [-0.2, 0) is 0 Å². The van der Waals surface area contributed by atoms with Crippen molar-refractivity contribution >= 4 is 11.4 Å². The molecule has 0 atom stereocenters. The smallest absolute Gasteiger partial charge is 0.244 e. The molecule has 3 rings (SSSR count). The summed E-state index contributed by atoms with van der Waals surface area (Å²) in [5.74, 6) is 0.584. The Hall–Kier alpha value is -1.90. The van der Waals surface area contributed by atoms with Crippen molar-refractivity contribution in [3.8, 4) is 5.88 Å². The zero-order valence-corrected chi connectivity index (χ0v) is 8.18. The van der Waals surface area contributed by atoms with Crippen LogP contribution in [0.15, 0.2) is 47.3 Å². The summed E-state index contributed by atoms with van der Waals surface area (Å²) in [6.45, 7) is 0. The summed E-state index contributed by atoms with van der Waals surface area (Å²) < 4.78 is 5.48. The molecule has 0 unspecified atom stereocenters. The predicted molar refractivity (Wildman–Crippen MR) is 58.4 cm³/mol. The molecule has 2 heterocycles. The molecule has 0 saturated carbocycles. The molecule has 0 spiro atoms. The van der Waals surface area contributed by atoms with Gasteiger partial charge in [0.1, 0.15) is 11.9 Å². The van der Waals surface area contributed by atoms with Crippen LogP contribution in [0.1, 0.15) is 12.8 Å². The minimum Gasteiger partial charge on any atom is -0.444 e. The molecule has 1 aliphatic carbocycles. The van der Waals surface area contributed by atoms with Crippen molar-refractivity contribution in [1.29, 1.82) is 0 Å². The van der Waals surface area contributed by atoms with E-state index < -0.39 is 0 Å². The molecule has 0 fully saturated rings. The van der Waals surface area contributed by atoms with E-state index in [4.69, 9.17) is 4.74 Å². The Morgan fingerprint density at radius 2 is 2.33 bits per heavy atom. The van der Waals surface area contributed by atoms with Crippen LogP contribution in [0.5, 0.6) is 5.88 Å². The highest BCUT2D eigenvalue weighted by molar-refractivity contribution is 6.05. The first-order valence-electron chi connectivity index (χ1n) is 5.00. The van der Waals surface area contributed by atoms with Gasteiger partial charge in [-0.15, -0.1) is 0 Å². The first kappa shape index (κ1) is 8.41. The molecular formula is C12H10N2O. The largest absolute Gasteiger partial charge is 0.444 e. The van der Waals surface area contributed by atoms with Crippen LogP contribution in [0.3, 0.4) is 0 Å². The minimum atomic E-state index is 0.584. The van der Waals surface area contributed by atoms with Crippen molar-refractivity contribution in [3.05, 3.63) is 42.3 Å². The van der Waals surface area contributed by atoms with E-state index in [-0.39, 0.29) is 0 Å². The average molecular weight is 198 g/mol. The SMILES string of the molecule is C1=CC2=COc3ncccc3N=C2CC1. The van der Waals surface area contributed by atoms with Gasteiger partial charge < -0.3 is 4.74 Å². The third kappa shape index (κ3) is 1.46.